The first kappa shape index (κ1) is 33.0. The van der Waals surface area contributed by atoms with Gasteiger partial charge < -0.3 is 20.1 Å². The van der Waals surface area contributed by atoms with Gasteiger partial charge in [-0.25, -0.2) is 4.79 Å². The SMILES string of the molecule is CCCCCCCCCCCCCCCC(C(=O)OC(=O)CCCCC)C(O)(CC(=O)O)C(=O)O. The lowest BCUT2D eigenvalue weighted by molar-refractivity contribution is -0.184. The lowest BCUT2D eigenvalue weighted by atomic mass is 9.81. The molecule has 0 amide bonds. The summed E-state index contributed by atoms with van der Waals surface area (Å²) in [6.07, 6.45) is 15.4. The summed E-state index contributed by atoms with van der Waals surface area (Å²) in [5, 5.41) is 29.2. The normalized spacial score (nSPS) is 13.7. The number of carbonyl (C=O) groups is 4. The van der Waals surface area contributed by atoms with Crippen molar-refractivity contribution in [3.05, 3.63) is 0 Å². The molecule has 0 saturated carbocycles. The van der Waals surface area contributed by atoms with Crippen molar-refractivity contribution in [1.29, 1.82) is 0 Å². The molecule has 3 N–H and O–H groups in total. The van der Waals surface area contributed by atoms with E-state index in [0.29, 0.717) is 19.3 Å². The molecule has 0 aromatic rings. The molecule has 0 aliphatic carbocycles. The van der Waals surface area contributed by atoms with Crippen LogP contribution in [0, 0.1) is 5.92 Å². The van der Waals surface area contributed by atoms with Gasteiger partial charge in [0, 0.05) is 6.42 Å². The number of unbranched alkanes of at least 4 members (excludes halogenated alkanes) is 14. The van der Waals surface area contributed by atoms with E-state index >= 15 is 0 Å². The minimum absolute atomic E-state index is 0.00940. The second kappa shape index (κ2) is 20.3. The quantitative estimate of drug-likeness (QED) is 0.0879. The van der Waals surface area contributed by atoms with Crippen molar-refractivity contribution >= 4 is 23.9 Å². The fraction of sp³-hybridized carbons (Fsp3) is 0.852. The first-order valence-electron chi connectivity index (χ1n) is 13.6. The molecule has 2 atom stereocenters. The molecule has 8 nitrogen and oxygen atoms in total. The molecular formula is C27H48O8. The average Bonchev–Trinajstić information content (AvgIpc) is 2.78. The number of hydrogen-bond acceptors (Lipinski definition) is 6. The molecule has 0 aliphatic heterocycles. The summed E-state index contributed by atoms with van der Waals surface area (Å²) in [5.41, 5.74) is -2.83. The van der Waals surface area contributed by atoms with Gasteiger partial charge in [-0.15, -0.1) is 0 Å². The molecule has 0 heterocycles. The lowest BCUT2D eigenvalue weighted by Crippen LogP contribution is -2.51. The topological polar surface area (TPSA) is 138 Å². The smallest absolute Gasteiger partial charge is 0.337 e. The third kappa shape index (κ3) is 15.6. The summed E-state index contributed by atoms with van der Waals surface area (Å²) >= 11 is 0. The van der Waals surface area contributed by atoms with Crippen LogP contribution in [-0.2, 0) is 23.9 Å². The molecule has 0 aromatic heterocycles. The fourth-order valence-corrected chi connectivity index (χ4v) is 4.25. The predicted octanol–water partition coefficient (Wildman–Crippen LogP) is 6.02. The number of ether oxygens (including phenoxy) is 1. The van der Waals surface area contributed by atoms with Crippen LogP contribution in [0.25, 0.3) is 0 Å². The largest absolute Gasteiger partial charge is 0.481 e. The van der Waals surface area contributed by atoms with Crippen molar-refractivity contribution in [3.8, 4) is 0 Å². The van der Waals surface area contributed by atoms with Crippen molar-refractivity contribution < 1.29 is 39.2 Å². The summed E-state index contributed by atoms with van der Waals surface area (Å²) in [4.78, 5) is 47.5. The number of aliphatic carboxylic acids is 2. The van der Waals surface area contributed by atoms with E-state index in [1.165, 1.54) is 51.4 Å². The maximum atomic E-state index is 12.6. The van der Waals surface area contributed by atoms with Gasteiger partial charge in [0.25, 0.3) is 0 Å². The third-order valence-electron chi connectivity index (χ3n) is 6.45. The first-order valence-corrected chi connectivity index (χ1v) is 13.6. The van der Waals surface area contributed by atoms with Gasteiger partial charge in [0.1, 0.15) is 0 Å². The summed E-state index contributed by atoms with van der Waals surface area (Å²) in [7, 11) is 0. The zero-order chi connectivity index (χ0) is 26.5. The number of hydrogen-bond donors (Lipinski definition) is 3. The van der Waals surface area contributed by atoms with Gasteiger partial charge >= 0.3 is 23.9 Å². The molecule has 0 rings (SSSR count). The van der Waals surface area contributed by atoms with Gasteiger partial charge in [0.15, 0.2) is 5.60 Å². The van der Waals surface area contributed by atoms with Gasteiger partial charge in [-0.1, -0.05) is 110 Å². The number of aliphatic hydroxyl groups is 1. The van der Waals surface area contributed by atoms with Gasteiger partial charge in [0.2, 0.25) is 0 Å². The zero-order valence-corrected chi connectivity index (χ0v) is 21.9. The highest BCUT2D eigenvalue weighted by atomic mass is 16.6. The van der Waals surface area contributed by atoms with E-state index in [1.807, 2.05) is 6.92 Å². The molecule has 0 saturated heterocycles. The maximum absolute atomic E-state index is 12.6. The highest BCUT2D eigenvalue weighted by Crippen LogP contribution is 2.29. The summed E-state index contributed by atoms with van der Waals surface area (Å²) in [6, 6.07) is 0. The van der Waals surface area contributed by atoms with Crippen LogP contribution < -0.4 is 0 Å². The van der Waals surface area contributed by atoms with Crippen LogP contribution in [0.4, 0.5) is 0 Å². The van der Waals surface area contributed by atoms with Crippen molar-refractivity contribution in [3.63, 3.8) is 0 Å². The molecule has 0 fully saturated rings. The predicted molar refractivity (Wildman–Crippen MR) is 134 cm³/mol. The van der Waals surface area contributed by atoms with E-state index in [4.69, 9.17) is 9.84 Å². The molecule has 8 heteroatoms. The Labute approximate surface area is 210 Å². The highest BCUT2D eigenvalue weighted by molar-refractivity contribution is 5.93. The monoisotopic (exact) mass is 500 g/mol. The van der Waals surface area contributed by atoms with Crippen LogP contribution in [0.15, 0.2) is 0 Å². The van der Waals surface area contributed by atoms with Gasteiger partial charge in [-0.3, -0.25) is 14.4 Å². The Hall–Kier alpha value is -1.96. The molecule has 0 aromatic carbocycles. The number of rotatable bonds is 23. The van der Waals surface area contributed by atoms with Crippen molar-refractivity contribution in [1.82, 2.24) is 0 Å². The van der Waals surface area contributed by atoms with Gasteiger partial charge in [-0.05, 0) is 12.8 Å². The molecule has 0 radical (unpaired) electrons. The van der Waals surface area contributed by atoms with Crippen LogP contribution in [0.2, 0.25) is 0 Å². The van der Waals surface area contributed by atoms with Crippen molar-refractivity contribution in [2.75, 3.05) is 0 Å². The maximum Gasteiger partial charge on any atom is 0.337 e. The molecule has 0 bridgehead atoms. The summed E-state index contributed by atoms with van der Waals surface area (Å²) < 4.78 is 4.81. The number of carboxylic acids is 2. The fourth-order valence-electron chi connectivity index (χ4n) is 4.25. The van der Waals surface area contributed by atoms with E-state index in [9.17, 15) is 29.4 Å². The Morgan fingerprint density at radius 1 is 0.686 bits per heavy atom. The lowest BCUT2D eigenvalue weighted by Gasteiger charge is -2.29. The van der Waals surface area contributed by atoms with Crippen molar-refractivity contribution in [2.45, 2.75) is 141 Å². The Morgan fingerprint density at radius 2 is 1.11 bits per heavy atom. The first-order chi connectivity index (χ1) is 16.7. The van der Waals surface area contributed by atoms with Crippen LogP contribution in [0.5, 0.6) is 0 Å². The molecule has 2 unspecified atom stereocenters. The second-order valence-corrected chi connectivity index (χ2v) is 9.63. The second-order valence-electron chi connectivity index (χ2n) is 9.63. The Kier molecular flexibility index (Phi) is 19.1. The van der Waals surface area contributed by atoms with Crippen LogP contribution in [-0.4, -0.2) is 44.8 Å². The van der Waals surface area contributed by atoms with E-state index in [0.717, 1.165) is 32.1 Å². The van der Waals surface area contributed by atoms with Crippen LogP contribution in [0.3, 0.4) is 0 Å². The van der Waals surface area contributed by atoms with Gasteiger partial charge in [0.05, 0.1) is 12.3 Å². The Morgan fingerprint density at radius 3 is 1.54 bits per heavy atom. The summed E-state index contributed by atoms with van der Waals surface area (Å²) in [6.45, 7) is 4.17. The van der Waals surface area contributed by atoms with E-state index < -0.39 is 41.8 Å². The van der Waals surface area contributed by atoms with Crippen molar-refractivity contribution in [2.24, 2.45) is 5.92 Å². The van der Waals surface area contributed by atoms with E-state index in [-0.39, 0.29) is 12.8 Å². The number of esters is 2. The van der Waals surface area contributed by atoms with E-state index in [1.54, 1.807) is 0 Å². The van der Waals surface area contributed by atoms with Crippen LogP contribution in [0.1, 0.15) is 136 Å². The standard InChI is InChI=1S/C27H48O8/c1-3-5-7-8-9-10-11-12-13-14-15-16-18-19-22(27(34,26(32)33)21-23(28)29)25(31)35-24(30)20-17-6-4-2/h22,34H,3-21H2,1-2H3,(H,28,29)(H,32,33). The number of carbonyl (C=O) groups excluding carboxylic acids is 2. The molecule has 204 valence electrons. The average molecular weight is 501 g/mol. The Balaban J connectivity index is 4.59. The van der Waals surface area contributed by atoms with Crippen LogP contribution >= 0.6 is 0 Å². The molecular weight excluding hydrogens is 452 g/mol. The molecule has 35 heavy (non-hydrogen) atoms. The minimum Gasteiger partial charge on any atom is -0.481 e. The number of carboxylic acid groups (broad SMARTS) is 2. The zero-order valence-electron chi connectivity index (χ0n) is 21.9. The third-order valence-corrected chi connectivity index (χ3v) is 6.45. The summed E-state index contributed by atoms with van der Waals surface area (Å²) in [5.74, 6) is -6.94. The minimum atomic E-state index is -2.83. The highest BCUT2D eigenvalue weighted by Gasteiger charge is 2.50. The molecule has 0 aliphatic rings. The Bertz CT molecular complexity index is 618. The van der Waals surface area contributed by atoms with E-state index in [2.05, 4.69) is 6.92 Å². The van der Waals surface area contributed by atoms with Gasteiger partial charge in [-0.2, -0.15) is 0 Å². The molecule has 0 spiro atoms.